The van der Waals surface area contributed by atoms with Crippen LogP contribution in [-0.4, -0.2) is 30.4 Å². The number of aliphatic hydroxyl groups is 1. The van der Waals surface area contributed by atoms with Crippen LogP contribution in [0.2, 0.25) is 0 Å². The van der Waals surface area contributed by atoms with Gasteiger partial charge >= 0.3 is 0 Å². The zero-order valence-electron chi connectivity index (χ0n) is 11.8. The minimum atomic E-state index is -0.644. The molecule has 1 saturated heterocycles. The number of morpholine rings is 1. The number of anilines is 1. The number of halogens is 1. The molecule has 1 aromatic carbocycles. The van der Waals surface area contributed by atoms with Crippen LogP contribution in [0.4, 0.5) is 10.1 Å². The van der Waals surface area contributed by atoms with E-state index in [1.165, 1.54) is 6.07 Å². The normalized spacial score (nSPS) is 25.4. The Morgan fingerprint density at radius 2 is 2.26 bits per heavy atom. The second-order valence-corrected chi connectivity index (χ2v) is 5.25. The molecule has 0 aromatic heterocycles. The lowest BCUT2D eigenvalue weighted by Crippen LogP contribution is -2.49. The van der Waals surface area contributed by atoms with Crippen LogP contribution in [0.15, 0.2) is 18.2 Å². The van der Waals surface area contributed by atoms with Crippen molar-refractivity contribution in [3.63, 3.8) is 0 Å². The van der Waals surface area contributed by atoms with Gasteiger partial charge in [0.1, 0.15) is 5.82 Å². The number of benzene rings is 1. The highest BCUT2D eigenvalue weighted by molar-refractivity contribution is 5.51. The number of hydrogen-bond acceptors (Lipinski definition) is 3. The number of rotatable bonds is 3. The van der Waals surface area contributed by atoms with E-state index >= 15 is 0 Å². The minimum Gasteiger partial charge on any atom is -0.389 e. The lowest BCUT2D eigenvalue weighted by molar-refractivity contribution is 0.0297. The van der Waals surface area contributed by atoms with Gasteiger partial charge < -0.3 is 14.7 Å². The number of hydrogen-bond donors (Lipinski definition) is 1. The first-order chi connectivity index (χ1) is 9.02. The standard InChI is InChI=1S/C15H22FNO2/c1-4-13-9-19-10(2)8-17(13)15-6-5-12(11(3)18)7-14(15)16/h5-7,10-11,13,18H,4,8-9H2,1-3H3. The molecule has 1 aliphatic rings. The van der Waals surface area contributed by atoms with Gasteiger partial charge in [-0.1, -0.05) is 13.0 Å². The molecule has 0 aliphatic carbocycles. The van der Waals surface area contributed by atoms with Gasteiger partial charge in [-0.05, 0) is 38.0 Å². The van der Waals surface area contributed by atoms with Gasteiger partial charge in [0.05, 0.1) is 30.5 Å². The average molecular weight is 267 g/mol. The van der Waals surface area contributed by atoms with Crippen molar-refractivity contribution in [3.8, 4) is 0 Å². The minimum absolute atomic E-state index is 0.110. The molecular weight excluding hydrogens is 245 g/mol. The van der Waals surface area contributed by atoms with Crippen LogP contribution in [0, 0.1) is 5.82 Å². The van der Waals surface area contributed by atoms with Gasteiger partial charge in [-0.15, -0.1) is 0 Å². The molecule has 1 aromatic rings. The summed E-state index contributed by atoms with van der Waals surface area (Å²) in [6.45, 7) is 7.05. The third kappa shape index (κ3) is 3.07. The molecule has 3 unspecified atom stereocenters. The van der Waals surface area contributed by atoms with Crippen molar-refractivity contribution in [1.29, 1.82) is 0 Å². The van der Waals surface area contributed by atoms with E-state index in [1.54, 1.807) is 19.1 Å². The highest BCUT2D eigenvalue weighted by atomic mass is 19.1. The molecule has 0 radical (unpaired) electrons. The Morgan fingerprint density at radius 3 is 2.84 bits per heavy atom. The van der Waals surface area contributed by atoms with Crippen molar-refractivity contribution in [2.75, 3.05) is 18.1 Å². The Hall–Kier alpha value is -1.13. The molecule has 1 N–H and O–H groups in total. The van der Waals surface area contributed by atoms with Crippen molar-refractivity contribution < 1.29 is 14.2 Å². The Balaban J connectivity index is 2.28. The summed E-state index contributed by atoms with van der Waals surface area (Å²) in [5.41, 5.74) is 1.21. The molecule has 3 nitrogen and oxygen atoms in total. The zero-order chi connectivity index (χ0) is 14.0. The van der Waals surface area contributed by atoms with Crippen molar-refractivity contribution in [1.82, 2.24) is 0 Å². The quantitative estimate of drug-likeness (QED) is 0.914. The summed E-state index contributed by atoms with van der Waals surface area (Å²) in [6.07, 6.45) is 0.386. The fraction of sp³-hybridized carbons (Fsp3) is 0.600. The first-order valence-corrected chi connectivity index (χ1v) is 6.88. The summed E-state index contributed by atoms with van der Waals surface area (Å²) in [7, 11) is 0. The van der Waals surface area contributed by atoms with Gasteiger partial charge in [-0.3, -0.25) is 0 Å². The summed E-state index contributed by atoms with van der Waals surface area (Å²) in [5, 5.41) is 9.49. The highest BCUT2D eigenvalue weighted by Crippen LogP contribution is 2.28. The number of ether oxygens (including phenoxy) is 1. The van der Waals surface area contributed by atoms with Crippen molar-refractivity contribution in [3.05, 3.63) is 29.6 Å². The molecule has 1 fully saturated rings. The second-order valence-electron chi connectivity index (χ2n) is 5.25. The molecule has 0 bridgehead atoms. The molecule has 1 heterocycles. The van der Waals surface area contributed by atoms with Crippen LogP contribution in [0.5, 0.6) is 0 Å². The van der Waals surface area contributed by atoms with E-state index in [-0.39, 0.29) is 18.0 Å². The van der Waals surface area contributed by atoms with Gasteiger partial charge in [0.25, 0.3) is 0 Å². The molecule has 4 heteroatoms. The van der Waals surface area contributed by atoms with Crippen molar-refractivity contribution >= 4 is 5.69 Å². The molecule has 19 heavy (non-hydrogen) atoms. The first kappa shape index (κ1) is 14.3. The first-order valence-electron chi connectivity index (χ1n) is 6.88. The lowest BCUT2D eigenvalue weighted by Gasteiger charge is -2.40. The van der Waals surface area contributed by atoms with Crippen LogP contribution in [0.25, 0.3) is 0 Å². The van der Waals surface area contributed by atoms with Gasteiger partial charge in [0.15, 0.2) is 0 Å². The summed E-state index contributed by atoms with van der Waals surface area (Å²) in [5.74, 6) is -0.272. The van der Waals surface area contributed by atoms with Crippen LogP contribution < -0.4 is 4.90 Å². The maximum atomic E-state index is 14.2. The monoisotopic (exact) mass is 267 g/mol. The van der Waals surface area contributed by atoms with E-state index in [1.807, 2.05) is 6.92 Å². The SMILES string of the molecule is CCC1COC(C)CN1c1ccc(C(C)O)cc1F. The third-order valence-corrected chi connectivity index (χ3v) is 3.70. The van der Waals surface area contributed by atoms with E-state index in [4.69, 9.17) is 4.74 Å². The molecule has 106 valence electrons. The number of nitrogens with zero attached hydrogens (tertiary/aromatic N) is 1. The Kier molecular flexibility index (Phi) is 4.42. The van der Waals surface area contributed by atoms with E-state index in [9.17, 15) is 9.50 Å². The maximum Gasteiger partial charge on any atom is 0.146 e. The largest absolute Gasteiger partial charge is 0.389 e. The lowest BCUT2D eigenvalue weighted by atomic mass is 10.1. The van der Waals surface area contributed by atoms with E-state index in [2.05, 4.69) is 11.8 Å². The van der Waals surface area contributed by atoms with Crippen molar-refractivity contribution in [2.24, 2.45) is 0 Å². The number of aliphatic hydroxyl groups excluding tert-OH is 1. The van der Waals surface area contributed by atoms with Gasteiger partial charge in [-0.2, -0.15) is 0 Å². The molecule has 1 aliphatic heterocycles. The smallest absolute Gasteiger partial charge is 0.146 e. The fourth-order valence-corrected chi connectivity index (χ4v) is 2.49. The zero-order valence-corrected chi connectivity index (χ0v) is 11.8. The maximum absolute atomic E-state index is 14.2. The Morgan fingerprint density at radius 1 is 1.53 bits per heavy atom. The van der Waals surface area contributed by atoms with Gasteiger partial charge in [0, 0.05) is 6.54 Å². The Bertz CT molecular complexity index is 436. The van der Waals surface area contributed by atoms with Crippen LogP contribution in [0.1, 0.15) is 38.9 Å². The van der Waals surface area contributed by atoms with E-state index < -0.39 is 6.10 Å². The van der Waals surface area contributed by atoms with Crippen LogP contribution >= 0.6 is 0 Å². The Labute approximate surface area is 114 Å². The molecule has 2 rings (SSSR count). The van der Waals surface area contributed by atoms with Gasteiger partial charge in [0.2, 0.25) is 0 Å². The van der Waals surface area contributed by atoms with E-state index in [0.717, 1.165) is 6.42 Å². The van der Waals surface area contributed by atoms with Gasteiger partial charge in [-0.25, -0.2) is 4.39 Å². The average Bonchev–Trinajstić information content (AvgIpc) is 2.38. The molecule has 0 amide bonds. The predicted octanol–water partition coefficient (Wildman–Crippen LogP) is 2.88. The highest BCUT2D eigenvalue weighted by Gasteiger charge is 2.27. The van der Waals surface area contributed by atoms with Crippen LogP contribution in [-0.2, 0) is 4.74 Å². The van der Waals surface area contributed by atoms with E-state index in [0.29, 0.717) is 24.4 Å². The van der Waals surface area contributed by atoms with Crippen molar-refractivity contribution in [2.45, 2.75) is 45.4 Å². The molecule has 0 spiro atoms. The predicted molar refractivity (Wildman–Crippen MR) is 73.9 cm³/mol. The van der Waals surface area contributed by atoms with Crippen LogP contribution in [0.3, 0.4) is 0 Å². The molecule has 0 saturated carbocycles. The summed E-state index contributed by atoms with van der Waals surface area (Å²) in [6, 6.07) is 5.18. The molecule has 3 atom stereocenters. The second kappa shape index (κ2) is 5.88. The molecular formula is C15H22FNO2. The summed E-state index contributed by atoms with van der Waals surface area (Å²) in [4.78, 5) is 2.08. The fourth-order valence-electron chi connectivity index (χ4n) is 2.49. The summed E-state index contributed by atoms with van der Waals surface area (Å²) >= 11 is 0. The summed E-state index contributed by atoms with van der Waals surface area (Å²) < 4.78 is 19.9. The topological polar surface area (TPSA) is 32.7 Å². The third-order valence-electron chi connectivity index (χ3n) is 3.70.